The minimum atomic E-state index is 0.217. The van der Waals surface area contributed by atoms with Crippen molar-refractivity contribution in [1.29, 1.82) is 0 Å². The molecule has 0 radical (unpaired) electrons. The highest BCUT2D eigenvalue weighted by Gasteiger charge is 2.11. The Morgan fingerprint density at radius 2 is 1.72 bits per heavy atom. The van der Waals surface area contributed by atoms with E-state index in [4.69, 9.17) is 0 Å². The molecule has 6 nitrogen and oxygen atoms in total. The number of hydrogen-bond acceptors (Lipinski definition) is 5. The van der Waals surface area contributed by atoms with E-state index in [2.05, 4.69) is 52.4 Å². The molecule has 2 N–H and O–H groups in total. The van der Waals surface area contributed by atoms with Gasteiger partial charge in [-0.3, -0.25) is 4.98 Å². The number of phenolic OH excluding ortho intramolecular Hbond substituents is 1. The molecule has 4 aromatic rings. The SMILES string of the molecule is Cc1cc(C)cc(Nc2nc3c(-c4ccc(O)cc4)nccn3n2)c1. The first-order valence-corrected chi connectivity index (χ1v) is 7.94. The Balaban J connectivity index is 1.75. The fourth-order valence-corrected chi connectivity index (χ4v) is 2.87. The minimum absolute atomic E-state index is 0.217. The number of aryl methyl sites for hydroxylation is 2. The summed E-state index contributed by atoms with van der Waals surface area (Å²) in [4.78, 5) is 9.00. The lowest BCUT2D eigenvalue weighted by atomic mass is 10.1. The second kappa shape index (κ2) is 5.90. The fourth-order valence-electron chi connectivity index (χ4n) is 2.87. The lowest BCUT2D eigenvalue weighted by molar-refractivity contribution is 0.475. The van der Waals surface area contributed by atoms with E-state index in [-0.39, 0.29) is 5.75 Å². The Hall–Kier alpha value is -3.41. The molecule has 0 aliphatic carbocycles. The molecule has 2 aromatic carbocycles. The summed E-state index contributed by atoms with van der Waals surface area (Å²) in [7, 11) is 0. The van der Waals surface area contributed by atoms with Crippen molar-refractivity contribution < 1.29 is 5.11 Å². The van der Waals surface area contributed by atoms with Gasteiger partial charge < -0.3 is 10.4 Å². The summed E-state index contributed by atoms with van der Waals surface area (Å²) >= 11 is 0. The largest absolute Gasteiger partial charge is 0.508 e. The van der Waals surface area contributed by atoms with Gasteiger partial charge >= 0.3 is 0 Å². The van der Waals surface area contributed by atoms with Gasteiger partial charge in [-0.15, -0.1) is 5.10 Å². The highest BCUT2D eigenvalue weighted by Crippen LogP contribution is 2.25. The average Bonchev–Trinajstić information content (AvgIpc) is 2.97. The molecule has 0 atom stereocenters. The molecule has 4 rings (SSSR count). The number of benzene rings is 2. The van der Waals surface area contributed by atoms with Gasteiger partial charge in [-0.1, -0.05) is 6.07 Å². The van der Waals surface area contributed by atoms with Crippen LogP contribution in [0.25, 0.3) is 16.9 Å². The Bertz CT molecular complexity index is 1030. The first-order chi connectivity index (χ1) is 12.1. The highest BCUT2D eigenvalue weighted by molar-refractivity contribution is 5.74. The molecule has 2 heterocycles. The minimum Gasteiger partial charge on any atom is -0.508 e. The van der Waals surface area contributed by atoms with Crippen LogP contribution in [0.2, 0.25) is 0 Å². The van der Waals surface area contributed by atoms with Gasteiger partial charge in [-0.2, -0.15) is 4.98 Å². The first kappa shape index (κ1) is 15.1. The number of aromatic hydroxyl groups is 1. The third kappa shape index (κ3) is 3.01. The van der Waals surface area contributed by atoms with Gasteiger partial charge in [0.15, 0.2) is 5.65 Å². The van der Waals surface area contributed by atoms with Crippen LogP contribution in [0.4, 0.5) is 11.6 Å². The van der Waals surface area contributed by atoms with Crippen LogP contribution in [-0.2, 0) is 0 Å². The number of aromatic nitrogens is 4. The van der Waals surface area contributed by atoms with Gasteiger partial charge in [0.25, 0.3) is 0 Å². The maximum atomic E-state index is 9.47. The van der Waals surface area contributed by atoms with Crippen LogP contribution in [0.5, 0.6) is 5.75 Å². The van der Waals surface area contributed by atoms with Crippen LogP contribution in [0, 0.1) is 13.8 Å². The van der Waals surface area contributed by atoms with Crippen LogP contribution >= 0.6 is 0 Å². The van der Waals surface area contributed by atoms with E-state index in [9.17, 15) is 5.11 Å². The zero-order valence-corrected chi connectivity index (χ0v) is 13.9. The molecule has 25 heavy (non-hydrogen) atoms. The topological polar surface area (TPSA) is 75.3 Å². The molecule has 0 amide bonds. The molecular weight excluding hydrogens is 314 g/mol. The van der Waals surface area contributed by atoms with Crippen molar-refractivity contribution in [3.8, 4) is 17.0 Å². The number of fused-ring (bicyclic) bond motifs is 1. The molecule has 0 bridgehead atoms. The van der Waals surface area contributed by atoms with Gasteiger partial charge in [0.05, 0.1) is 0 Å². The van der Waals surface area contributed by atoms with Crippen molar-refractivity contribution in [2.24, 2.45) is 0 Å². The smallest absolute Gasteiger partial charge is 0.247 e. The van der Waals surface area contributed by atoms with E-state index >= 15 is 0 Å². The Labute approximate surface area is 144 Å². The van der Waals surface area contributed by atoms with Crippen molar-refractivity contribution in [1.82, 2.24) is 19.6 Å². The van der Waals surface area contributed by atoms with Crippen LogP contribution in [0.3, 0.4) is 0 Å². The van der Waals surface area contributed by atoms with Crippen LogP contribution in [0.15, 0.2) is 54.9 Å². The van der Waals surface area contributed by atoms with Crippen LogP contribution < -0.4 is 5.32 Å². The van der Waals surface area contributed by atoms with Gasteiger partial charge in [0, 0.05) is 23.6 Å². The Morgan fingerprint density at radius 1 is 1.00 bits per heavy atom. The van der Waals surface area contributed by atoms with Gasteiger partial charge in [0.2, 0.25) is 5.95 Å². The standard InChI is InChI=1S/C19H17N5O/c1-12-9-13(2)11-15(10-12)21-19-22-18-17(20-7-8-24(18)23-19)14-3-5-16(25)6-4-14/h3-11,25H,1-2H3,(H,21,23). The number of nitrogens with one attached hydrogen (secondary N) is 1. The summed E-state index contributed by atoms with van der Waals surface area (Å²) in [6.45, 7) is 4.12. The maximum Gasteiger partial charge on any atom is 0.247 e. The molecule has 0 spiro atoms. The first-order valence-electron chi connectivity index (χ1n) is 7.94. The predicted molar refractivity (Wildman–Crippen MR) is 97.1 cm³/mol. The summed E-state index contributed by atoms with van der Waals surface area (Å²) in [6.07, 6.45) is 3.45. The molecule has 0 aliphatic heterocycles. The predicted octanol–water partition coefficient (Wildman–Crippen LogP) is 3.86. The zero-order chi connectivity index (χ0) is 17.4. The quantitative estimate of drug-likeness (QED) is 0.596. The molecule has 0 fully saturated rings. The summed E-state index contributed by atoms with van der Waals surface area (Å²) in [5.41, 5.74) is 5.54. The van der Waals surface area contributed by atoms with E-state index in [1.807, 2.05) is 12.1 Å². The van der Waals surface area contributed by atoms with E-state index in [0.717, 1.165) is 11.3 Å². The van der Waals surface area contributed by atoms with Gasteiger partial charge in [0.1, 0.15) is 11.4 Å². The fraction of sp³-hybridized carbons (Fsp3) is 0.105. The van der Waals surface area contributed by atoms with Crippen LogP contribution in [-0.4, -0.2) is 24.7 Å². The maximum absolute atomic E-state index is 9.47. The summed E-state index contributed by atoms with van der Waals surface area (Å²) in [5, 5.41) is 17.2. The number of anilines is 2. The molecule has 0 unspecified atom stereocenters. The van der Waals surface area contributed by atoms with Crippen molar-refractivity contribution in [3.63, 3.8) is 0 Å². The summed E-state index contributed by atoms with van der Waals surface area (Å²) in [6, 6.07) is 13.1. The summed E-state index contributed by atoms with van der Waals surface area (Å²) in [5.74, 6) is 0.729. The molecule has 6 heteroatoms. The Kier molecular flexibility index (Phi) is 3.57. The van der Waals surface area contributed by atoms with Gasteiger partial charge in [-0.05, 0) is 61.4 Å². The van der Waals surface area contributed by atoms with E-state index in [1.165, 1.54) is 11.1 Å². The lowest BCUT2D eigenvalue weighted by Crippen LogP contribution is -1.94. The number of hydrogen-bond donors (Lipinski definition) is 2. The Morgan fingerprint density at radius 3 is 2.44 bits per heavy atom. The van der Waals surface area contributed by atoms with Crippen molar-refractivity contribution in [2.45, 2.75) is 13.8 Å². The van der Waals surface area contributed by atoms with E-state index < -0.39 is 0 Å². The monoisotopic (exact) mass is 331 g/mol. The molecular formula is C19H17N5O. The number of nitrogens with zero attached hydrogens (tertiary/aromatic N) is 4. The van der Waals surface area contributed by atoms with Gasteiger partial charge in [-0.25, -0.2) is 4.52 Å². The van der Waals surface area contributed by atoms with Crippen molar-refractivity contribution in [3.05, 3.63) is 66.0 Å². The van der Waals surface area contributed by atoms with Crippen molar-refractivity contribution >= 4 is 17.3 Å². The van der Waals surface area contributed by atoms with E-state index in [1.54, 1.807) is 29.0 Å². The lowest BCUT2D eigenvalue weighted by Gasteiger charge is -2.04. The third-order valence-corrected chi connectivity index (χ3v) is 3.87. The molecule has 0 saturated heterocycles. The average molecular weight is 331 g/mol. The normalized spacial score (nSPS) is 11.0. The number of phenols is 1. The summed E-state index contributed by atoms with van der Waals surface area (Å²) < 4.78 is 1.69. The van der Waals surface area contributed by atoms with E-state index in [0.29, 0.717) is 17.3 Å². The van der Waals surface area contributed by atoms with Crippen molar-refractivity contribution in [2.75, 3.05) is 5.32 Å². The zero-order valence-electron chi connectivity index (χ0n) is 13.9. The molecule has 0 saturated carbocycles. The highest BCUT2D eigenvalue weighted by atomic mass is 16.3. The van der Waals surface area contributed by atoms with Crippen LogP contribution in [0.1, 0.15) is 11.1 Å². The number of rotatable bonds is 3. The third-order valence-electron chi connectivity index (χ3n) is 3.87. The second-order valence-electron chi connectivity index (χ2n) is 6.03. The molecule has 0 aliphatic rings. The second-order valence-corrected chi connectivity index (χ2v) is 6.03. The molecule has 124 valence electrons. The molecule has 2 aromatic heterocycles.